The largest absolute Gasteiger partial charge is 0.548 e. The number of amides is 1. The number of unbranched alkanes of at least 4 members (excludes halogenated alkanes) is 24. The molecule has 1 amide bonds. The fraction of sp³-hybridized carbons (Fsp3) is 0.703. The van der Waals surface area contributed by atoms with E-state index in [2.05, 4.69) is 59.2 Å². The monoisotopic (exact) mass is 1610 g/mol. The van der Waals surface area contributed by atoms with Gasteiger partial charge in [-0.15, -0.1) is 0 Å². The molecule has 10 atom stereocenters. The zero-order valence-electron chi connectivity index (χ0n) is 64.9. The van der Waals surface area contributed by atoms with Gasteiger partial charge in [0.05, 0.1) is 56.9 Å². The number of aromatic amines is 1. The van der Waals surface area contributed by atoms with E-state index in [1.54, 1.807) is 19.2 Å². The Morgan fingerprint density at radius 1 is 0.703 bits per heavy atom. The van der Waals surface area contributed by atoms with Crippen LogP contribution in [0, 0.1) is 5.92 Å². The van der Waals surface area contributed by atoms with Crippen molar-refractivity contribution in [2.24, 2.45) is 17.4 Å². The SMILES string of the molecule is CCCCCCCCCCCCCCCC(=O)OCC(COC(=O)CCCCCCCCCCCCCCC)COP(=O)(O)OCC(N)C(=O)O.CN1c2c(nc(N)[nH]c2=O)NCC1CNc1ccc(C(=O)N[C@@H](CCC(=O)O)C(=O)O)cc1.C[S+](CC[C@H](N)C(=O)[O-])C[C@H]1O[C@@H](n2cnc3c(N)ncnc32)[C@H](O)[C@@H]1O. The molecule has 0 aliphatic carbocycles. The Morgan fingerprint density at radius 2 is 1.23 bits per heavy atom. The number of nitrogens with one attached hydrogen (secondary N) is 4. The number of nitrogens with zero attached hydrogens (tertiary/aromatic N) is 6. The lowest BCUT2D eigenvalue weighted by Gasteiger charge is -2.35. The number of esters is 2. The van der Waals surface area contributed by atoms with Crippen LogP contribution in [0.25, 0.3) is 11.2 Å². The van der Waals surface area contributed by atoms with Crippen LogP contribution in [0.3, 0.4) is 0 Å². The summed E-state index contributed by atoms with van der Waals surface area (Å²) in [5.74, 6) is -5.54. The van der Waals surface area contributed by atoms with E-state index in [0.29, 0.717) is 47.3 Å². The van der Waals surface area contributed by atoms with E-state index in [1.807, 2.05) is 11.2 Å². The van der Waals surface area contributed by atoms with Gasteiger partial charge in [0, 0.05) is 63.1 Å². The summed E-state index contributed by atoms with van der Waals surface area (Å²) < 4.78 is 40.1. The van der Waals surface area contributed by atoms with Crippen molar-refractivity contribution in [2.45, 2.75) is 262 Å². The second kappa shape index (κ2) is 53.2. The zero-order valence-corrected chi connectivity index (χ0v) is 66.6. The number of aromatic nitrogens is 6. The maximum absolute atomic E-state index is 12.4. The van der Waals surface area contributed by atoms with Crippen LogP contribution < -0.4 is 54.5 Å². The molecule has 4 unspecified atom stereocenters. The first kappa shape index (κ1) is 95.6. The van der Waals surface area contributed by atoms with Crippen molar-refractivity contribution in [2.75, 3.05) is 91.3 Å². The van der Waals surface area contributed by atoms with E-state index in [4.69, 9.17) is 51.9 Å². The summed E-state index contributed by atoms with van der Waals surface area (Å²) in [4.78, 5) is 123. The van der Waals surface area contributed by atoms with Crippen molar-refractivity contribution in [3.8, 4) is 0 Å². The molecule has 1 fully saturated rings. The highest BCUT2D eigenvalue weighted by Crippen LogP contribution is 2.44. The number of nitrogens with two attached hydrogens (primary N) is 4. The number of H-pyrrole nitrogens is 1. The third kappa shape index (κ3) is 37.6. The van der Waals surface area contributed by atoms with Gasteiger partial charge in [-0.1, -0.05) is 168 Å². The Hall–Kier alpha value is -7.80. The van der Waals surface area contributed by atoms with Crippen LogP contribution in [0.4, 0.5) is 29.0 Å². The molecule has 35 nitrogen and oxygen atoms in total. The van der Waals surface area contributed by atoms with Crippen molar-refractivity contribution in [1.82, 2.24) is 34.8 Å². The van der Waals surface area contributed by atoms with Gasteiger partial charge < -0.3 is 98.3 Å². The first-order chi connectivity index (χ1) is 53.0. The van der Waals surface area contributed by atoms with Crippen LogP contribution in [0.15, 0.2) is 41.7 Å². The van der Waals surface area contributed by atoms with Gasteiger partial charge in [-0.25, -0.2) is 24.3 Å². The highest BCUT2D eigenvalue weighted by atomic mass is 32.2. The number of likely N-dealkylation sites (N-methyl/N-ethyl adjacent to an activating group) is 1. The minimum Gasteiger partial charge on any atom is -0.548 e. The van der Waals surface area contributed by atoms with Gasteiger partial charge >= 0.3 is 37.7 Å². The van der Waals surface area contributed by atoms with Gasteiger partial charge in [0.25, 0.3) is 11.5 Å². The summed E-state index contributed by atoms with van der Waals surface area (Å²) in [5.41, 5.74) is 23.9. The molecule has 0 saturated carbocycles. The smallest absolute Gasteiger partial charge is 0.472 e. The van der Waals surface area contributed by atoms with Gasteiger partial charge in [0.15, 0.2) is 23.5 Å². The van der Waals surface area contributed by atoms with E-state index < -0.39 is 111 Å². The Morgan fingerprint density at radius 3 is 1.73 bits per heavy atom. The summed E-state index contributed by atoms with van der Waals surface area (Å²) in [5, 5.41) is 66.9. The number of hydrogen-bond donors (Lipinski definition) is 14. The van der Waals surface area contributed by atoms with Gasteiger partial charge in [-0.3, -0.25) is 47.4 Å². The lowest BCUT2D eigenvalue weighted by atomic mass is 10.0. The maximum Gasteiger partial charge on any atom is 0.472 e. The number of benzene rings is 1. The van der Waals surface area contributed by atoms with Crippen molar-refractivity contribution in [1.29, 1.82) is 0 Å². The molecule has 37 heteroatoms. The average Bonchev–Trinajstić information content (AvgIpc) is 1.74. The number of ether oxygens (including phenoxy) is 3. The summed E-state index contributed by atoms with van der Waals surface area (Å²) in [7, 11) is -3.12. The Kier molecular flexibility index (Phi) is 45.8. The molecule has 626 valence electrons. The predicted octanol–water partition coefficient (Wildman–Crippen LogP) is 6.68. The van der Waals surface area contributed by atoms with Crippen molar-refractivity contribution < 1.29 is 96.9 Å². The van der Waals surface area contributed by atoms with E-state index in [9.17, 15) is 68.2 Å². The number of anilines is 5. The molecule has 2 aliphatic rings. The molecule has 4 aromatic rings. The molecule has 0 bridgehead atoms. The molecular weight excluding hydrogens is 1480 g/mol. The number of hydrogen-bond acceptors (Lipinski definition) is 28. The van der Waals surface area contributed by atoms with E-state index in [0.717, 1.165) is 57.1 Å². The van der Waals surface area contributed by atoms with Gasteiger partial charge in [-0.05, 0) is 54.4 Å². The summed E-state index contributed by atoms with van der Waals surface area (Å²) in [6.07, 6.45) is 32.4. The van der Waals surface area contributed by atoms with Crippen molar-refractivity contribution in [3.63, 3.8) is 0 Å². The number of aliphatic carboxylic acids is 4. The zero-order chi connectivity index (χ0) is 81.7. The first-order valence-electron chi connectivity index (χ1n) is 38.9. The molecule has 6 rings (SSSR count). The minimum absolute atomic E-state index is 0.0388. The number of carboxylic acids is 4. The first-order valence-corrected chi connectivity index (χ1v) is 42.4. The number of carbonyl (C=O) groups is 7. The Labute approximate surface area is 652 Å². The number of rotatable bonds is 55. The van der Waals surface area contributed by atoms with Crippen molar-refractivity contribution >= 4 is 101 Å². The third-order valence-corrected chi connectivity index (χ3v) is 21.7. The fourth-order valence-electron chi connectivity index (χ4n) is 12.1. The molecular formula is C74H123N14O21PS. The van der Waals surface area contributed by atoms with Crippen molar-refractivity contribution in [3.05, 3.63) is 52.8 Å². The van der Waals surface area contributed by atoms with E-state index >= 15 is 0 Å². The number of carboxylic acid groups (broad SMARTS) is 4. The van der Waals surface area contributed by atoms with Gasteiger partial charge in [0.2, 0.25) is 5.95 Å². The lowest BCUT2D eigenvalue weighted by Crippen LogP contribution is -2.48. The molecule has 5 heterocycles. The van der Waals surface area contributed by atoms with Crippen LogP contribution in [-0.4, -0.2) is 208 Å². The number of carbonyl (C=O) groups excluding carboxylic acids is 4. The number of phosphoric ester groups is 1. The Balaban J connectivity index is 0.000000371. The summed E-state index contributed by atoms with van der Waals surface area (Å²) in [6.45, 7) is 4.01. The maximum atomic E-state index is 12.4. The fourth-order valence-corrected chi connectivity index (χ4v) is 14.6. The number of aliphatic hydroxyl groups excluding tert-OH is 2. The van der Waals surface area contributed by atoms with E-state index in [1.165, 1.54) is 145 Å². The van der Waals surface area contributed by atoms with Gasteiger partial charge in [0.1, 0.15) is 59.4 Å². The van der Waals surface area contributed by atoms with E-state index in [-0.39, 0.29) is 85.1 Å². The van der Waals surface area contributed by atoms with Crippen LogP contribution in [0.1, 0.15) is 229 Å². The highest BCUT2D eigenvalue weighted by molar-refractivity contribution is 7.96. The molecule has 3 aromatic heterocycles. The van der Waals surface area contributed by atoms with Gasteiger partial charge in [-0.2, -0.15) is 4.98 Å². The molecule has 1 aromatic carbocycles. The second-order valence-electron chi connectivity index (χ2n) is 28.3. The number of aliphatic hydroxyl groups is 2. The van der Waals surface area contributed by atoms with Crippen LogP contribution >= 0.6 is 7.82 Å². The summed E-state index contributed by atoms with van der Waals surface area (Å²) >= 11 is 0. The lowest BCUT2D eigenvalue weighted by molar-refractivity contribution is -0.307. The molecule has 0 spiro atoms. The quantitative estimate of drug-likeness (QED) is 0.00948. The topological polar surface area (TPSA) is 560 Å². The molecule has 111 heavy (non-hydrogen) atoms. The molecule has 18 N–H and O–H groups in total. The predicted molar refractivity (Wildman–Crippen MR) is 420 cm³/mol. The third-order valence-electron chi connectivity index (χ3n) is 18.9. The molecule has 0 radical (unpaired) electrons. The average molecular weight is 1610 g/mol. The highest BCUT2D eigenvalue weighted by Gasteiger charge is 2.47. The van der Waals surface area contributed by atoms with Crippen LogP contribution in [0.5, 0.6) is 0 Å². The number of phosphoric acid groups is 1. The molecule has 2 aliphatic heterocycles. The number of fused-ring (bicyclic) bond motifs is 2. The van der Waals surface area contributed by atoms with Crippen LogP contribution in [-0.2, 0) is 67.5 Å². The summed E-state index contributed by atoms with van der Waals surface area (Å²) in [6, 6.07) is 2.51. The van der Waals surface area contributed by atoms with Crippen LogP contribution in [0.2, 0.25) is 0 Å². The number of imidazole rings is 1. The molecule has 1 saturated heterocycles. The minimum atomic E-state index is -4.65. The number of nitrogen functional groups attached to an aromatic ring is 2. The second-order valence-corrected chi connectivity index (χ2v) is 32.0. The normalized spacial score (nSPS) is 17.5. The standard InChI is InChI=1S/C39H76NO10P.C20H25N7O6.C15H22N6O5S/c1-3-5-7-9-11-13-15-17-19-21-23-25-27-29-37(41)47-31-35(33-49-51(45,46)50-34-36(40)39(43)44)32-48-38(42)30-28-26-24-22-20-18-16-14-12-10-8-6-4-2;1-27-12(9-23-16-15(27)18(31)26-20(21)25-16)8-22-11-4-2-10(3-5-11)17(30)24-13(19(32)33)6-7-14(28)29;1-27(3-2-7(16)15(24)25)4-8-10(22)11(23)14(26-8)21-6-20-9-12(17)18-5-19-13(9)21/h35-36H,3-34,40H2,1-2H3,(H,43,44)(H,45,46);2-5,12-13,22H,6-9H2,1H3,(H,24,30)(H,28,29)(H,32,33)(H4,21,23,25,26,31);5-8,10-11,14,22-23H,2-4,16H2,1H3,(H2-,17,18,19,24,25)/t;12?,13-;7-,8+,10+,11+,14+,27?/m.00/s1. The Bertz CT molecular complexity index is 3480.